The highest BCUT2D eigenvalue weighted by atomic mass is 16.6. The normalized spacial score (nSPS) is 15.9. The van der Waals surface area contributed by atoms with E-state index in [4.69, 9.17) is 4.74 Å². The highest BCUT2D eigenvalue weighted by Crippen LogP contribution is 2.52. The van der Waals surface area contributed by atoms with E-state index < -0.39 is 5.60 Å². The number of fused-ring (bicyclic) bond motifs is 3. The van der Waals surface area contributed by atoms with E-state index >= 15 is 0 Å². The molecular formula is C42H45N3O2. The van der Waals surface area contributed by atoms with Crippen molar-refractivity contribution in [3.63, 3.8) is 0 Å². The van der Waals surface area contributed by atoms with Crippen molar-refractivity contribution in [1.82, 2.24) is 9.13 Å². The fourth-order valence-corrected chi connectivity index (χ4v) is 8.54. The van der Waals surface area contributed by atoms with E-state index in [-0.39, 0.29) is 11.9 Å². The Labute approximate surface area is 278 Å². The number of benzene rings is 4. The van der Waals surface area contributed by atoms with Gasteiger partial charge < -0.3 is 18.8 Å². The van der Waals surface area contributed by atoms with Crippen LogP contribution in [0.5, 0.6) is 0 Å². The number of cyclic esters (lactones) is 1. The molecule has 1 aliphatic heterocycles. The molecule has 7 rings (SSSR count). The summed E-state index contributed by atoms with van der Waals surface area (Å²) in [7, 11) is 0. The smallest absolute Gasteiger partial charge is 0.339 e. The number of ether oxygens (including phenoxy) is 1. The van der Waals surface area contributed by atoms with E-state index in [2.05, 4.69) is 134 Å². The number of rotatable bonds is 10. The molecule has 5 nitrogen and oxygen atoms in total. The van der Waals surface area contributed by atoms with E-state index in [1.54, 1.807) is 0 Å². The van der Waals surface area contributed by atoms with E-state index in [1.165, 1.54) is 50.0 Å². The van der Waals surface area contributed by atoms with Crippen LogP contribution in [0.1, 0.15) is 84.0 Å². The van der Waals surface area contributed by atoms with Crippen LogP contribution in [0.3, 0.4) is 0 Å². The standard InChI is InChI=1S/C42H45N3O2/c1-7-43(8-2)31-25-23-30(24-26-31)42(36-20-14-11-17-32(36)41(46)47-42)27-35(39-28(5)44(9-3)37-21-15-12-18-33(37)39)40-29(6)45(10-4)38-22-16-13-19-34(38)40/h11-26,35H,7-10,27H2,1-6H3. The minimum Gasteiger partial charge on any atom is -0.446 e. The molecule has 4 aromatic carbocycles. The molecule has 5 heteroatoms. The monoisotopic (exact) mass is 623 g/mol. The van der Waals surface area contributed by atoms with Gasteiger partial charge in [0, 0.05) is 88.5 Å². The Bertz CT molecular complexity index is 2010. The lowest BCUT2D eigenvalue weighted by molar-refractivity contribution is 0.00564. The highest BCUT2D eigenvalue weighted by molar-refractivity contribution is 5.96. The summed E-state index contributed by atoms with van der Waals surface area (Å²) in [5, 5.41) is 2.52. The van der Waals surface area contributed by atoms with Crippen molar-refractivity contribution in [1.29, 1.82) is 0 Å². The summed E-state index contributed by atoms with van der Waals surface area (Å²) in [6, 6.07) is 34.3. The molecule has 2 aromatic heterocycles. The number of para-hydroxylation sites is 2. The maximum atomic E-state index is 13.8. The summed E-state index contributed by atoms with van der Waals surface area (Å²) in [6.07, 6.45) is 0.581. The van der Waals surface area contributed by atoms with Gasteiger partial charge in [-0.05, 0) is 83.0 Å². The van der Waals surface area contributed by atoms with Crippen molar-refractivity contribution in [2.24, 2.45) is 0 Å². The van der Waals surface area contributed by atoms with Crippen LogP contribution in [-0.2, 0) is 23.4 Å². The van der Waals surface area contributed by atoms with Crippen molar-refractivity contribution < 1.29 is 9.53 Å². The minimum absolute atomic E-state index is 0.0631. The number of carbonyl (C=O) groups excluding carboxylic acids is 1. The fourth-order valence-electron chi connectivity index (χ4n) is 8.54. The van der Waals surface area contributed by atoms with Gasteiger partial charge in [-0.15, -0.1) is 0 Å². The Balaban J connectivity index is 1.54. The lowest BCUT2D eigenvalue weighted by Gasteiger charge is -2.35. The molecule has 1 aliphatic rings. The topological polar surface area (TPSA) is 39.4 Å². The van der Waals surface area contributed by atoms with Crippen LogP contribution in [-0.4, -0.2) is 28.2 Å². The molecule has 0 saturated heterocycles. The third kappa shape index (κ3) is 4.70. The molecule has 240 valence electrons. The largest absolute Gasteiger partial charge is 0.446 e. The van der Waals surface area contributed by atoms with Crippen molar-refractivity contribution in [3.05, 3.63) is 136 Å². The number of aryl methyl sites for hydroxylation is 2. The first-order chi connectivity index (χ1) is 22.9. The molecule has 6 aromatic rings. The second-order valence-electron chi connectivity index (χ2n) is 12.8. The Hall–Kier alpha value is -4.77. The van der Waals surface area contributed by atoms with Crippen molar-refractivity contribution >= 4 is 33.5 Å². The first kappa shape index (κ1) is 30.9. The number of nitrogens with zero attached hydrogens (tertiary/aromatic N) is 3. The fraction of sp³-hybridized carbons (Fsp3) is 0.310. The zero-order valence-electron chi connectivity index (χ0n) is 28.5. The summed E-state index contributed by atoms with van der Waals surface area (Å²) in [5.41, 5.74) is 10.4. The molecule has 0 N–H and O–H groups in total. The van der Waals surface area contributed by atoms with E-state index in [0.29, 0.717) is 12.0 Å². The molecule has 1 atom stereocenters. The van der Waals surface area contributed by atoms with Gasteiger partial charge in [0.25, 0.3) is 0 Å². The average molecular weight is 624 g/mol. The SMILES string of the molecule is CCN(CC)c1ccc(C2(CC(c3c(C)n(CC)c4ccccc34)c3c(C)n(CC)c4ccccc34)OC(=O)c3ccccc32)cc1. The molecule has 1 unspecified atom stereocenters. The van der Waals surface area contributed by atoms with Gasteiger partial charge >= 0.3 is 5.97 Å². The van der Waals surface area contributed by atoms with Gasteiger partial charge in [-0.1, -0.05) is 66.7 Å². The minimum atomic E-state index is -0.968. The van der Waals surface area contributed by atoms with Crippen LogP contribution in [0.2, 0.25) is 0 Å². The average Bonchev–Trinajstić information content (AvgIpc) is 3.67. The number of hydrogen-bond acceptors (Lipinski definition) is 3. The summed E-state index contributed by atoms with van der Waals surface area (Å²) in [4.78, 5) is 16.1. The molecule has 3 heterocycles. The van der Waals surface area contributed by atoms with Crippen LogP contribution in [0, 0.1) is 13.8 Å². The first-order valence-electron chi connectivity index (χ1n) is 17.2. The Morgan fingerprint density at radius 3 is 1.72 bits per heavy atom. The second kappa shape index (κ2) is 12.1. The lowest BCUT2D eigenvalue weighted by Crippen LogP contribution is -2.31. The molecule has 0 radical (unpaired) electrons. The van der Waals surface area contributed by atoms with Crippen LogP contribution in [0.25, 0.3) is 21.8 Å². The molecule has 0 fully saturated rings. The van der Waals surface area contributed by atoms with Crippen LogP contribution >= 0.6 is 0 Å². The van der Waals surface area contributed by atoms with Crippen LogP contribution in [0.4, 0.5) is 5.69 Å². The molecule has 0 saturated carbocycles. The Morgan fingerprint density at radius 1 is 0.681 bits per heavy atom. The molecule has 0 aliphatic carbocycles. The summed E-state index contributed by atoms with van der Waals surface area (Å²) in [6.45, 7) is 17.0. The third-order valence-electron chi connectivity index (χ3n) is 10.7. The molecule has 47 heavy (non-hydrogen) atoms. The Morgan fingerprint density at radius 2 is 1.19 bits per heavy atom. The number of anilines is 1. The molecule has 0 amide bonds. The van der Waals surface area contributed by atoms with Gasteiger partial charge in [0.05, 0.1) is 5.56 Å². The van der Waals surface area contributed by atoms with Gasteiger partial charge in [-0.3, -0.25) is 0 Å². The van der Waals surface area contributed by atoms with Crippen molar-refractivity contribution in [2.45, 2.75) is 72.6 Å². The van der Waals surface area contributed by atoms with Crippen molar-refractivity contribution in [3.8, 4) is 0 Å². The predicted octanol–water partition coefficient (Wildman–Crippen LogP) is 9.74. The zero-order valence-corrected chi connectivity index (χ0v) is 28.5. The van der Waals surface area contributed by atoms with Gasteiger partial charge in [0.2, 0.25) is 0 Å². The first-order valence-corrected chi connectivity index (χ1v) is 17.2. The van der Waals surface area contributed by atoms with Crippen molar-refractivity contribution in [2.75, 3.05) is 18.0 Å². The number of carbonyl (C=O) groups is 1. The molecular weight excluding hydrogens is 578 g/mol. The van der Waals surface area contributed by atoms with Gasteiger partial charge in [0.1, 0.15) is 0 Å². The summed E-state index contributed by atoms with van der Waals surface area (Å²) in [5.74, 6) is -0.320. The predicted molar refractivity (Wildman–Crippen MR) is 194 cm³/mol. The number of esters is 1. The van der Waals surface area contributed by atoms with Crippen LogP contribution < -0.4 is 4.90 Å². The van der Waals surface area contributed by atoms with Gasteiger partial charge in [0.15, 0.2) is 5.60 Å². The third-order valence-corrected chi connectivity index (χ3v) is 10.7. The van der Waals surface area contributed by atoms with Gasteiger partial charge in [-0.25, -0.2) is 4.79 Å². The lowest BCUT2D eigenvalue weighted by atomic mass is 9.73. The maximum absolute atomic E-state index is 13.8. The van der Waals surface area contributed by atoms with Crippen LogP contribution in [0.15, 0.2) is 97.1 Å². The van der Waals surface area contributed by atoms with E-state index in [9.17, 15) is 4.79 Å². The summed E-state index contributed by atoms with van der Waals surface area (Å²) < 4.78 is 11.6. The quantitative estimate of drug-likeness (QED) is 0.143. The zero-order chi connectivity index (χ0) is 32.9. The highest BCUT2D eigenvalue weighted by Gasteiger charge is 2.49. The molecule has 0 spiro atoms. The summed E-state index contributed by atoms with van der Waals surface area (Å²) >= 11 is 0. The second-order valence-corrected chi connectivity index (χ2v) is 12.8. The maximum Gasteiger partial charge on any atom is 0.339 e. The van der Waals surface area contributed by atoms with Gasteiger partial charge in [-0.2, -0.15) is 0 Å². The van der Waals surface area contributed by atoms with E-state index in [0.717, 1.165) is 37.3 Å². The van der Waals surface area contributed by atoms with E-state index in [1.807, 2.05) is 18.2 Å². The Kier molecular flexibility index (Phi) is 7.95. The number of hydrogen-bond donors (Lipinski definition) is 0. The number of aromatic nitrogens is 2. The molecule has 0 bridgehead atoms.